The van der Waals surface area contributed by atoms with Crippen LogP contribution in [0, 0.1) is 0 Å². The highest BCUT2D eigenvalue weighted by molar-refractivity contribution is 7.85. The van der Waals surface area contributed by atoms with Gasteiger partial charge >= 0.3 is 0 Å². The highest BCUT2D eigenvalue weighted by atomic mass is 32.2. The average molecular weight is 264 g/mol. The van der Waals surface area contributed by atoms with Gasteiger partial charge < -0.3 is 10.2 Å². The van der Waals surface area contributed by atoms with Crippen molar-refractivity contribution in [2.75, 3.05) is 29.5 Å². The maximum Gasteiger partial charge on any atom is 0.0411 e. The summed E-state index contributed by atoms with van der Waals surface area (Å²) in [6.07, 6.45) is 2.67. The van der Waals surface area contributed by atoms with Gasteiger partial charge in [-0.15, -0.1) is 0 Å². The van der Waals surface area contributed by atoms with Gasteiger partial charge in [-0.1, -0.05) is 12.1 Å². The lowest BCUT2D eigenvalue weighted by Gasteiger charge is -2.28. The van der Waals surface area contributed by atoms with Crippen molar-refractivity contribution in [3.63, 3.8) is 0 Å². The molecule has 1 saturated heterocycles. The SMILES string of the molecule is O=S1CCN(c2ccc(CNC3CC3)cc2)CC1. The first-order valence-electron chi connectivity index (χ1n) is 6.73. The van der Waals surface area contributed by atoms with E-state index >= 15 is 0 Å². The molecular formula is C14H20N2OS. The van der Waals surface area contributed by atoms with Crippen LogP contribution in [0.4, 0.5) is 5.69 Å². The van der Waals surface area contributed by atoms with Gasteiger partial charge in [0.25, 0.3) is 0 Å². The van der Waals surface area contributed by atoms with E-state index in [2.05, 4.69) is 34.5 Å². The largest absolute Gasteiger partial charge is 0.370 e. The van der Waals surface area contributed by atoms with E-state index < -0.39 is 10.8 Å². The Hall–Kier alpha value is -0.870. The molecule has 1 N–H and O–H groups in total. The first kappa shape index (κ1) is 12.2. The van der Waals surface area contributed by atoms with Crippen molar-refractivity contribution < 1.29 is 4.21 Å². The summed E-state index contributed by atoms with van der Waals surface area (Å²) in [5.74, 6) is 1.62. The van der Waals surface area contributed by atoms with Gasteiger partial charge in [0, 0.05) is 53.7 Å². The van der Waals surface area contributed by atoms with Crippen molar-refractivity contribution in [2.24, 2.45) is 0 Å². The van der Waals surface area contributed by atoms with Crippen LogP contribution in [0.25, 0.3) is 0 Å². The van der Waals surface area contributed by atoms with Crippen molar-refractivity contribution >= 4 is 16.5 Å². The molecule has 0 bridgehead atoms. The Morgan fingerprint density at radius 2 is 1.83 bits per heavy atom. The highest BCUT2D eigenvalue weighted by Gasteiger charge is 2.20. The molecule has 1 saturated carbocycles. The molecule has 1 heterocycles. The van der Waals surface area contributed by atoms with Crippen LogP contribution in [0.3, 0.4) is 0 Å². The van der Waals surface area contributed by atoms with E-state index in [1.807, 2.05) is 0 Å². The van der Waals surface area contributed by atoms with E-state index in [0.29, 0.717) is 0 Å². The minimum absolute atomic E-state index is 0.592. The van der Waals surface area contributed by atoms with Crippen LogP contribution >= 0.6 is 0 Å². The van der Waals surface area contributed by atoms with Crippen molar-refractivity contribution in [2.45, 2.75) is 25.4 Å². The molecule has 0 amide bonds. The molecule has 1 aromatic carbocycles. The molecule has 2 aliphatic rings. The summed E-state index contributed by atoms with van der Waals surface area (Å²) < 4.78 is 11.3. The van der Waals surface area contributed by atoms with Crippen molar-refractivity contribution in [3.8, 4) is 0 Å². The van der Waals surface area contributed by atoms with Gasteiger partial charge in [-0.05, 0) is 30.5 Å². The van der Waals surface area contributed by atoms with E-state index in [4.69, 9.17) is 0 Å². The summed E-state index contributed by atoms with van der Waals surface area (Å²) in [6, 6.07) is 9.56. The quantitative estimate of drug-likeness (QED) is 0.894. The zero-order chi connectivity index (χ0) is 12.4. The Morgan fingerprint density at radius 1 is 1.17 bits per heavy atom. The summed E-state index contributed by atoms with van der Waals surface area (Å²) >= 11 is 0. The van der Waals surface area contributed by atoms with Crippen LogP contribution < -0.4 is 10.2 Å². The number of anilines is 1. The van der Waals surface area contributed by atoms with Gasteiger partial charge in [0.1, 0.15) is 0 Å². The van der Waals surface area contributed by atoms with E-state index in [1.165, 1.54) is 24.1 Å². The number of nitrogens with one attached hydrogen (secondary N) is 1. The highest BCUT2D eigenvalue weighted by Crippen LogP contribution is 2.20. The Kier molecular flexibility index (Phi) is 3.66. The first-order valence-corrected chi connectivity index (χ1v) is 8.22. The molecule has 0 radical (unpaired) electrons. The zero-order valence-corrected chi connectivity index (χ0v) is 11.4. The molecule has 0 atom stereocenters. The average Bonchev–Trinajstić information content (AvgIpc) is 3.22. The fraction of sp³-hybridized carbons (Fsp3) is 0.571. The van der Waals surface area contributed by atoms with Crippen molar-refractivity contribution in [1.29, 1.82) is 0 Å². The summed E-state index contributed by atoms with van der Waals surface area (Å²) in [7, 11) is -0.592. The van der Waals surface area contributed by atoms with E-state index in [9.17, 15) is 4.21 Å². The topological polar surface area (TPSA) is 32.3 Å². The summed E-state index contributed by atoms with van der Waals surface area (Å²) in [4.78, 5) is 2.33. The molecule has 1 aliphatic carbocycles. The van der Waals surface area contributed by atoms with E-state index in [1.54, 1.807) is 0 Å². The minimum Gasteiger partial charge on any atom is -0.370 e. The number of benzene rings is 1. The van der Waals surface area contributed by atoms with E-state index in [0.717, 1.165) is 37.2 Å². The fourth-order valence-corrected chi connectivity index (χ4v) is 3.32. The maximum absolute atomic E-state index is 11.3. The predicted octanol–water partition coefficient (Wildman–Crippen LogP) is 1.51. The molecule has 98 valence electrons. The Morgan fingerprint density at radius 3 is 2.44 bits per heavy atom. The third-order valence-electron chi connectivity index (χ3n) is 3.65. The lowest BCUT2D eigenvalue weighted by molar-refractivity contribution is 0.673. The van der Waals surface area contributed by atoms with Crippen molar-refractivity contribution in [1.82, 2.24) is 5.32 Å². The predicted molar refractivity (Wildman–Crippen MR) is 76.4 cm³/mol. The van der Waals surface area contributed by atoms with Gasteiger partial charge in [0.15, 0.2) is 0 Å². The lowest BCUT2D eigenvalue weighted by Crippen LogP contribution is -2.37. The standard InChI is InChI=1S/C14H20N2OS/c17-18-9-7-16(8-10-18)14-5-1-12(2-6-14)11-15-13-3-4-13/h1-2,5-6,13,15H,3-4,7-11H2. The summed E-state index contributed by atoms with van der Waals surface area (Å²) in [5.41, 5.74) is 2.62. The third-order valence-corrected chi connectivity index (χ3v) is 4.93. The molecule has 3 nitrogen and oxygen atoms in total. The van der Waals surface area contributed by atoms with Crippen LogP contribution in [-0.4, -0.2) is 34.8 Å². The van der Waals surface area contributed by atoms with Crippen LogP contribution in [0.15, 0.2) is 24.3 Å². The molecule has 0 spiro atoms. The molecular weight excluding hydrogens is 244 g/mol. The van der Waals surface area contributed by atoms with Gasteiger partial charge in [-0.25, -0.2) is 0 Å². The molecule has 0 unspecified atom stereocenters. The van der Waals surface area contributed by atoms with Gasteiger partial charge in [0.2, 0.25) is 0 Å². The molecule has 18 heavy (non-hydrogen) atoms. The smallest absolute Gasteiger partial charge is 0.0411 e. The van der Waals surface area contributed by atoms with Crippen LogP contribution in [-0.2, 0) is 17.3 Å². The second kappa shape index (κ2) is 5.41. The number of hydrogen-bond donors (Lipinski definition) is 1. The second-order valence-corrected chi connectivity index (χ2v) is 6.85. The first-order chi connectivity index (χ1) is 8.81. The Balaban J connectivity index is 1.57. The van der Waals surface area contributed by atoms with Gasteiger partial charge in [-0.2, -0.15) is 0 Å². The third kappa shape index (κ3) is 3.12. The van der Waals surface area contributed by atoms with Gasteiger partial charge in [0.05, 0.1) is 0 Å². The Bertz CT molecular complexity index is 418. The molecule has 3 rings (SSSR count). The van der Waals surface area contributed by atoms with Crippen LogP contribution in [0.5, 0.6) is 0 Å². The maximum atomic E-state index is 11.3. The second-order valence-electron chi connectivity index (χ2n) is 5.16. The Labute approximate surface area is 111 Å². The number of hydrogen-bond acceptors (Lipinski definition) is 3. The summed E-state index contributed by atoms with van der Waals surface area (Å²) in [5, 5.41) is 3.52. The van der Waals surface area contributed by atoms with Crippen molar-refractivity contribution in [3.05, 3.63) is 29.8 Å². The van der Waals surface area contributed by atoms with Crippen LogP contribution in [0.2, 0.25) is 0 Å². The normalized spacial score (nSPS) is 21.2. The van der Waals surface area contributed by atoms with E-state index in [-0.39, 0.29) is 0 Å². The number of rotatable bonds is 4. The molecule has 0 aromatic heterocycles. The molecule has 1 aromatic rings. The zero-order valence-electron chi connectivity index (χ0n) is 10.6. The number of nitrogens with zero attached hydrogens (tertiary/aromatic N) is 1. The molecule has 4 heteroatoms. The lowest BCUT2D eigenvalue weighted by atomic mass is 10.2. The van der Waals surface area contributed by atoms with Gasteiger partial charge in [-0.3, -0.25) is 4.21 Å². The summed E-state index contributed by atoms with van der Waals surface area (Å²) in [6.45, 7) is 2.83. The monoisotopic (exact) mass is 264 g/mol. The fourth-order valence-electron chi connectivity index (χ4n) is 2.27. The molecule has 1 aliphatic heterocycles. The molecule has 2 fully saturated rings. The van der Waals surface area contributed by atoms with Crippen LogP contribution in [0.1, 0.15) is 18.4 Å². The minimum atomic E-state index is -0.592.